The van der Waals surface area contributed by atoms with E-state index in [2.05, 4.69) is 20.3 Å². The molecule has 1 aliphatic rings. The summed E-state index contributed by atoms with van der Waals surface area (Å²) in [4.78, 5) is 34.9. The van der Waals surface area contributed by atoms with Gasteiger partial charge in [0.05, 0.1) is 22.3 Å². The third-order valence-electron chi connectivity index (χ3n) is 4.09. The Morgan fingerprint density at radius 2 is 2.08 bits per heavy atom. The lowest BCUT2D eigenvalue weighted by atomic mass is 10.1. The summed E-state index contributed by atoms with van der Waals surface area (Å²) in [6, 6.07) is 7.67. The number of hydrogen-bond donors (Lipinski definition) is 2. The first-order valence-electron chi connectivity index (χ1n) is 7.73. The zero-order chi connectivity index (χ0) is 17.7. The van der Waals surface area contributed by atoms with Crippen molar-refractivity contribution >= 4 is 51.0 Å². The maximum absolute atomic E-state index is 11.7. The summed E-state index contributed by atoms with van der Waals surface area (Å²) >= 11 is 0.856. The number of aromatic nitrogens is 3. The quantitative estimate of drug-likeness (QED) is 0.527. The van der Waals surface area contributed by atoms with Gasteiger partial charge < -0.3 is 9.40 Å². The second-order valence-electron chi connectivity index (χ2n) is 5.74. The number of imidazole rings is 1. The summed E-state index contributed by atoms with van der Waals surface area (Å²) in [6.07, 6.45) is 6.65. The van der Waals surface area contributed by atoms with Crippen molar-refractivity contribution < 1.29 is 14.0 Å². The van der Waals surface area contributed by atoms with Crippen molar-refractivity contribution in [3.63, 3.8) is 0 Å². The summed E-state index contributed by atoms with van der Waals surface area (Å²) in [7, 11) is 0. The lowest BCUT2D eigenvalue weighted by Crippen LogP contribution is -2.17. The van der Waals surface area contributed by atoms with Crippen LogP contribution in [0.1, 0.15) is 5.76 Å². The zero-order valence-corrected chi connectivity index (χ0v) is 14.0. The summed E-state index contributed by atoms with van der Waals surface area (Å²) in [5.74, 6) is 0.0766. The van der Waals surface area contributed by atoms with E-state index in [4.69, 9.17) is 4.42 Å². The molecule has 4 heterocycles. The maximum Gasteiger partial charge on any atom is 0.290 e. The number of nitrogens with zero attached hydrogens (tertiary/aromatic N) is 2. The molecule has 1 aliphatic heterocycles. The van der Waals surface area contributed by atoms with E-state index in [1.165, 1.54) is 0 Å². The fourth-order valence-electron chi connectivity index (χ4n) is 2.91. The highest BCUT2D eigenvalue weighted by Gasteiger charge is 2.25. The van der Waals surface area contributed by atoms with Crippen LogP contribution < -0.4 is 5.32 Å². The molecule has 0 radical (unpaired) electrons. The van der Waals surface area contributed by atoms with Crippen LogP contribution in [0.15, 0.2) is 52.3 Å². The molecule has 5 rings (SSSR count). The Hall–Kier alpha value is -3.39. The van der Waals surface area contributed by atoms with Gasteiger partial charge in [-0.05, 0) is 35.5 Å². The van der Waals surface area contributed by atoms with E-state index in [9.17, 15) is 9.59 Å². The molecular weight excluding hydrogens is 352 g/mol. The number of imide groups is 1. The molecule has 1 saturated heterocycles. The van der Waals surface area contributed by atoms with Crippen LogP contribution in [0.25, 0.3) is 39.2 Å². The third kappa shape index (κ3) is 2.39. The number of thioether (sulfide) groups is 1. The number of fused-ring (bicyclic) bond motifs is 2. The van der Waals surface area contributed by atoms with Crippen molar-refractivity contribution in [2.45, 2.75) is 0 Å². The van der Waals surface area contributed by atoms with Gasteiger partial charge in [-0.2, -0.15) is 0 Å². The highest BCUT2D eigenvalue weighted by molar-refractivity contribution is 8.18. The largest absolute Gasteiger partial charge is 0.456 e. The van der Waals surface area contributed by atoms with E-state index >= 15 is 0 Å². The predicted octanol–water partition coefficient (Wildman–Crippen LogP) is 3.70. The number of nitrogens with one attached hydrogen (secondary N) is 2. The van der Waals surface area contributed by atoms with Gasteiger partial charge in [0, 0.05) is 29.4 Å². The molecule has 126 valence electrons. The van der Waals surface area contributed by atoms with Crippen LogP contribution in [0.3, 0.4) is 0 Å². The van der Waals surface area contributed by atoms with Gasteiger partial charge in [-0.1, -0.05) is 6.07 Å². The lowest BCUT2D eigenvalue weighted by molar-refractivity contribution is -0.115. The van der Waals surface area contributed by atoms with Gasteiger partial charge in [0.15, 0.2) is 0 Å². The lowest BCUT2D eigenvalue weighted by Gasteiger charge is -2.02. The van der Waals surface area contributed by atoms with Crippen molar-refractivity contribution in [2.24, 2.45) is 0 Å². The molecule has 0 bridgehead atoms. The number of amides is 2. The van der Waals surface area contributed by atoms with Gasteiger partial charge in [-0.15, -0.1) is 0 Å². The highest BCUT2D eigenvalue weighted by atomic mass is 32.2. The van der Waals surface area contributed by atoms with Gasteiger partial charge in [-0.3, -0.25) is 19.9 Å². The van der Waals surface area contributed by atoms with Crippen LogP contribution in [-0.4, -0.2) is 26.1 Å². The van der Waals surface area contributed by atoms with Gasteiger partial charge in [0.25, 0.3) is 11.1 Å². The first kappa shape index (κ1) is 14.9. The van der Waals surface area contributed by atoms with E-state index in [0.717, 1.165) is 39.3 Å². The number of furan rings is 1. The molecule has 2 amide bonds. The molecule has 0 saturated carbocycles. The monoisotopic (exact) mass is 362 g/mol. The van der Waals surface area contributed by atoms with Crippen molar-refractivity contribution in [2.75, 3.05) is 0 Å². The first-order chi connectivity index (χ1) is 12.7. The molecule has 2 N–H and O–H groups in total. The number of hydrogen-bond acceptors (Lipinski definition) is 6. The van der Waals surface area contributed by atoms with Crippen LogP contribution in [0.5, 0.6) is 0 Å². The molecule has 26 heavy (non-hydrogen) atoms. The molecule has 8 heteroatoms. The van der Waals surface area contributed by atoms with Gasteiger partial charge in [-0.25, -0.2) is 4.98 Å². The minimum absolute atomic E-state index is 0.308. The van der Waals surface area contributed by atoms with Gasteiger partial charge in [0.2, 0.25) is 0 Å². The van der Waals surface area contributed by atoms with Gasteiger partial charge >= 0.3 is 0 Å². The maximum atomic E-state index is 11.7. The Kier molecular flexibility index (Phi) is 3.19. The normalized spacial score (nSPS) is 16.1. The van der Waals surface area contributed by atoms with E-state index < -0.39 is 5.91 Å². The van der Waals surface area contributed by atoms with Crippen molar-refractivity contribution in [3.8, 4) is 11.1 Å². The molecule has 1 aromatic carbocycles. The summed E-state index contributed by atoms with van der Waals surface area (Å²) in [5.41, 5.74) is 4.25. The molecule has 1 fully saturated rings. The predicted molar refractivity (Wildman–Crippen MR) is 98.2 cm³/mol. The molecule has 3 aromatic heterocycles. The topological polar surface area (TPSA) is 101 Å². The Labute approximate surface area is 150 Å². The third-order valence-corrected chi connectivity index (χ3v) is 4.90. The molecule has 4 aromatic rings. The van der Waals surface area contributed by atoms with Crippen molar-refractivity contribution in [1.82, 2.24) is 20.3 Å². The number of benzene rings is 1. The summed E-state index contributed by atoms with van der Waals surface area (Å²) in [5, 5.41) is 2.66. The minimum atomic E-state index is -0.413. The Morgan fingerprint density at radius 3 is 2.92 bits per heavy atom. The van der Waals surface area contributed by atoms with E-state index in [0.29, 0.717) is 16.2 Å². The highest BCUT2D eigenvalue weighted by Crippen LogP contribution is 2.33. The minimum Gasteiger partial charge on any atom is -0.456 e. The number of rotatable bonds is 2. The standard InChI is InChI=1S/C18H10N4O3S/c23-17-15(26-18(24)22-17)5-11-3-10-6-19-7-12(16(10)25-11)9-1-2-13-14(4-9)21-8-20-13/h1-8H,(H,20,21)(H,22,23,24)/b15-5+. The number of carbonyl (C=O) groups excluding carboxylic acids is 2. The second kappa shape index (κ2) is 5.57. The molecule has 0 spiro atoms. The Morgan fingerprint density at radius 1 is 1.15 bits per heavy atom. The fraction of sp³-hybridized carbons (Fsp3) is 0. The van der Waals surface area contributed by atoms with Crippen LogP contribution >= 0.6 is 11.8 Å². The fourth-order valence-corrected chi connectivity index (χ4v) is 3.57. The van der Waals surface area contributed by atoms with Crippen LogP contribution in [0.4, 0.5) is 4.79 Å². The second-order valence-corrected chi connectivity index (χ2v) is 6.76. The molecule has 0 atom stereocenters. The van der Waals surface area contributed by atoms with E-state index in [1.807, 2.05) is 18.2 Å². The number of pyridine rings is 1. The number of aromatic amines is 1. The van der Waals surface area contributed by atoms with E-state index in [-0.39, 0.29) is 5.24 Å². The molecular formula is C18H10N4O3S. The van der Waals surface area contributed by atoms with Crippen LogP contribution in [-0.2, 0) is 4.79 Å². The van der Waals surface area contributed by atoms with Crippen molar-refractivity contribution in [3.05, 3.63) is 53.7 Å². The average molecular weight is 362 g/mol. The Bertz CT molecular complexity index is 1240. The molecule has 0 aliphatic carbocycles. The summed E-state index contributed by atoms with van der Waals surface area (Å²) < 4.78 is 5.95. The number of carbonyl (C=O) groups is 2. The summed E-state index contributed by atoms with van der Waals surface area (Å²) in [6.45, 7) is 0. The Balaban J connectivity index is 1.63. The van der Waals surface area contributed by atoms with Gasteiger partial charge in [0.1, 0.15) is 11.3 Å². The number of H-pyrrole nitrogens is 1. The zero-order valence-electron chi connectivity index (χ0n) is 13.1. The first-order valence-corrected chi connectivity index (χ1v) is 8.55. The van der Waals surface area contributed by atoms with Crippen LogP contribution in [0.2, 0.25) is 0 Å². The SMILES string of the molecule is O=C1NC(=O)/C(=C\c2cc3cncc(-c4ccc5nc[nH]c5c4)c3o2)S1. The molecule has 7 nitrogen and oxygen atoms in total. The van der Waals surface area contributed by atoms with Crippen LogP contribution in [0, 0.1) is 0 Å². The van der Waals surface area contributed by atoms with Crippen molar-refractivity contribution in [1.29, 1.82) is 0 Å². The smallest absolute Gasteiger partial charge is 0.290 e. The van der Waals surface area contributed by atoms with E-state index in [1.54, 1.807) is 30.9 Å². The molecule has 0 unspecified atom stereocenters. The average Bonchev–Trinajstić information content (AvgIpc) is 3.32.